The maximum Gasteiger partial charge on any atom is 0.226 e. The van der Waals surface area contributed by atoms with E-state index in [9.17, 15) is 9.18 Å². The van der Waals surface area contributed by atoms with E-state index in [1.165, 1.54) is 12.1 Å². The number of morpholine rings is 1. The van der Waals surface area contributed by atoms with Crippen molar-refractivity contribution in [3.05, 3.63) is 30.1 Å². The first kappa shape index (κ1) is 19.2. The summed E-state index contributed by atoms with van der Waals surface area (Å²) in [5, 5.41) is 8.79. The lowest BCUT2D eigenvalue weighted by atomic mass is 10.3. The number of carbonyl (C=O) groups excluding carboxylic acids is 1. The van der Waals surface area contributed by atoms with Crippen LogP contribution >= 0.6 is 0 Å². The maximum absolute atomic E-state index is 13.5. The van der Waals surface area contributed by atoms with Gasteiger partial charge in [-0.05, 0) is 12.1 Å². The lowest BCUT2D eigenvalue weighted by Gasteiger charge is -2.30. The summed E-state index contributed by atoms with van der Waals surface area (Å²) in [5.74, 6) is -0.379. The van der Waals surface area contributed by atoms with E-state index >= 15 is 0 Å². The second-order valence-electron chi connectivity index (χ2n) is 5.77. The van der Waals surface area contributed by atoms with Crippen molar-refractivity contribution in [2.45, 2.75) is 12.8 Å². The van der Waals surface area contributed by atoms with Gasteiger partial charge in [-0.15, -0.1) is 0 Å². The molecule has 1 aromatic rings. The van der Waals surface area contributed by atoms with Crippen molar-refractivity contribution in [3.63, 3.8) is 0 Å². The highest BCUT2D eigenvalue weighted by Crippen LogP contribution is 2.15. The number of nitriles is 1. The number of carbonyl (C=O) groups is 1. The molecule has 0 saturated carbocycles. The molecule has 1 aliphatic heterocycles. The normalized spacial score (nSPS) is 14.7. The van der Waals surface area contributed by atoms with Crippen molar-refractivity contribution >= 4 is 5.91 Å². The van der Waals surface area contributed by atoms with Crippen LogP contribution in [-0.2, 0) is 9.53 Å². The van der Waals surface area contributed by atoms with Crippen LogP contribution in [0.1, 0.15) is 12.8 Å². The summed E-state index contributed by atoms with van der Waals surface area (Å²) < 4.78 is 24.1. The second kappa shape index (κ2) is 10.6. The average molecular weight is 349 g/mol. The quantitative estimate of drug-likeness (QED) is 0.678. The third-order valence-electron chi connectivity index (χ3n) is 4.05. The molecule has 0 aromatic heterocycles. The minimum Gasteiger partial charge on any atom is -0.490 e. The van der Waals surface area contributed by atoms with E-state index in [1.807, 2.05) is 0 Å². The van der Waals surface area contributed by atoms with E-state index < -0.39 is 5.82 Å². The summed E-state index contributed by atoms with van der Waals surface area (Å²) >= 11 is 0. The van der Waals surface area contributed by atoms with Gasteiger partial charge in [0, 0.05) is 32.7 Å². The lowest BCUT2D eigenvalue weighted by molar-refractivity contribution is -0.132. The van der Waals surface area contributed by atoms with E-state index in [1.54, 1.807) is 17.0 Å². The highest BCUT2D eigenvalue weighted by atomic mass is 19.1. The Labute approximate surface area is 147 Å². The molecule has 1 fully saturated rings. The van der Waals surface area contributed by atoms with E-state index in [-0.39, 0.29) is 24.7 Å². The Bertz CT molecular complexity index is 585. The molecule has 1 amide bonds. The van der Waals surface area contributed by atoms with Crippen molar-refractivity contribution < 1.29 is 18.7 Å². The number of benzene rings is 1. The Kier molecular flexibility index (Phi) is 8.16. The van der Waals surface area contributed by atoms with Gasteiger partial charge in [-0.1, -0.05) is 12.1 Å². The maximum atomic E-state index is 13.5. The van der Waals surface area contributed by atoms with Gasteiger partial charge in [-0.25, -0.2) is 4.39 Å². The summed E-state index contributed by atoms with van der Waals surface area (Å²) in [6, 6.07) is 8.19. The number of nitrogens with zero attached hydrogens (tertiary/aromatic N) is 3. The summed E-state index contributed by atoms with van der Waals surface area (Å²) in [4.78, 5) is 16.3. The third kappa shape index (κ3) is 6.69. The minimum atomic E-state index is -0.441. The van der Waals surface area contributed by atoms with Gasteiger partial charge in [0.25, 0.3) is 0 Å². The highest BCUT2D eigenvalue weighted by Gasteiger charge is 2.16. The first-order valence-electron chi connectivity index (χ1n) is 8.53. The highest BCUT2D eigenvalue weighted by molar-refractivity contribution is 5.76. The number of para-hydroxylation sites is 1. The molecule has 1 aliphatic rings. The van der Waals surface area contributed by atoms with E-state index in [0.717, 1.165) is 19.6 Å². The Hall–Kier alpha value is -2.17. The molecule has 1 heterocycles. The van der Waals surface area contributed by atoms with Gasteiger partial charge < -0.3 is 14.4 Å². The second-order valence-corrected chi connectivity index (χ2v) is 5.77. The first-order chi connectivity index (χ1) is 12.2. The molecule has 0 atom stereocenters. The predicted molar refractivity (Wildman–Crippen MR) is 90.6 cm³/mol. The van der Waals surface area contributed by atoms with Crippen molar-refractivity contribution in [3.8, 4) is 11.8 Å². The number of rotatable bonds is 9. The van der Waals surface area contributed by atoms with Crippen LogP contribution in [0.5, 0.6) is 5.75 Å². The zero-order chi connectivity index (χ0) is 17.9. The molecule has 7 heteroatoms. The molecule has 1 aromatic carbocycles. The molecule has 0 unspecified atom stereocenters. The van der Waals surface area contributed by atoms with Gasteiger partial charge in [-0.2, -0.15) is 5.26 Å². The van der Waals surface area contributed by atoms with Gasteiger partial charge in [0.1, 0.15) is 0 Å². The van der Waals surface area contributed by atoms with Crippen LogP contribution in [0.2, 0.25) is 0 Å². The van der Waals surface area contributed by atoms with Crippen LogP contribution < -0.4 is 4.74 Å². The monoisotopic (exact) mass is 349 g/mol. The molecule has 0 N–H and O–H groups in total. The fourth-order valence-corrected chi connectivity index (χ4v) is 2.60. The molecule has 0 aliphatic carbocycles. The summed E-state index contributed by atoms with van der Waals surface area (Å²) in [6.45, 7) is 4.98. The summed E-state index contributed by atoms with van der Waals surface area (Å²) in [5.41, 5.74) is 0. The minimum absolute atomic E-state index is 0.0835. The number of halogens is 1. The van der Waals surface area contributed by atoms with Gasteiger partial charge in [-0.3, -0.25) is 9.69 Å². The largest absolute Gasteiger partial charge is 0.490 e. The standard InChI is InChI=1S/C18H24FN3O3/c19-16-4-1-2-5-17(16)25-13-6-18(23)22(8-3-7-20)10-9-21-11-14-24-15-12-21/h1-2,4-5H,3,6,8-15H2. The fourth-order valence-electron chi connectivity index (χ4n) is 2.60. The van der Waals surface area contributed by atoms with Crippen LogP contribution in [0.25, 0.3) is 0 Å². The molecule has 0 bridgehead atoms. The van der Waals surface area contributed by atoms with Crippen molar-refractivity contribution in [2.24, 2.45) is 0 Å². The number of ether oxygens (including phenoxy) is 2. The molecular weight excluding hydrogens is 325 g/mol. The number of amides is 1. The van der Waals surface area contributed by atoms with E-state index in [4.69, 9.17) is 14.7 Å². The molecule has 136 valence electrons. The molecule has 0 spiro atoms. The smallest absolute Gasteiger partial charge is 0.226 e. The summed E-state index contributed by atoms with van der Waals surface area (Å²) in [6.07, 6.45) is 0.450. The molecule has 25 heavy (non-hydrogen) atoms. The van der Waals surface area contributed by atoms with E-state index in [2.05, 4.69) is 11.0 Å². The Balaban J connectivity index is 1.78. The Morgan fingerprint density at radius 2 is 2.08 bits per heavy atom. The average Bonchev–Trinajstić information content (AvgIpc) is 2.64. The Morgan fingerprint density at radius 3 is 2.80 bits per heavy atom. The molecular formula is C18H24FN3O3. The third-order valence-corrected chi connectivity index (χ3v) is 4.05. The van der Waals surface area contributed by atoms with Crippen LogP contribution in [0, 0.1) is 17.1 Å². The zero-order valence-electron chi connectivity index (χ0n) is 14.3. The summed E-state index contributed by atoms with van der Waals surface area (Å²) in [7, 11) is 0. The zero-order valence-corrected chi connectivity index (χ0v) is 14.3. The van der Waals surface area contributed by atoms with Crippen molar-refractivity contribution in [2.75, 3.05) is 52.5 Å². The van der Waals surface area contributed by atoms with Crippen molar-refractivity contribution in [1.29, 1.82) is 5.26 Å². The molecule has 1 saturated heterocycles. The van der Waals surface area contributed by atoms with E-state index in [0.29, 0.717) is 32.7 Å². The first-order valence-corrected chi connectivity index (χ1v) is 8.53. The Morgan fingerprint density at radius 1 is 1.32 bits per heavy atom. The fraction of sp³-hybridized carbons (Fsp3) is 0.556. The molecule has 0 radical (unpaired) electrons. The molecule has 6 nitrogen and oxygen atoms in total. The predicted octanol–water partition coefficient (Wildman–Crippen LogP) is 1.67. The lowest BCUT2D eigenvalue weighted by Crippen LogP contribution is -2.43. The van der Waals surface area contributed by atoms with Gasteiger partial charge in [0.05, 0.1) is 38.7 Å². The number of hydrogen-bond acceptors (Lipinski definition) is 5. The molecule has 2 rings (SSSR count). The van der Waals surface area contributed by atoms with Crippen LogP contribution in [-0.4, -0.2) is 68.3 Å². The van der Waals surface area contributed by atoms with Gasteiger partial charge >= 0.3 is 0 Å². The van der Waals surface area contributed by atoms with Crippen LogP contribution in [0.15, 0.2) is 24.3 Å². The topological polar surface area (TPSA) is 65.8 Å². The number of hydrogen-bond donors (Lipinski definition) is 0. The van der Waals surface area contributed by atoms with Crippen molar-refractivity contribution in [1.82, 2.24) is 9.80 Å². The van der Waals surface area contributed by atoms with Crippen LogP contribution in [0.3, 0.4) is 0 Å². The SMILES string of the molecule is N#CCCN(CCN1CCOCC1)C(=O)CCOc1ccccc1F. The van der Waals surface area contributed by atoms with Gasteiger partial charge in [0.2, 0.25) is 5.91 Å². The van der Waals surface area contributed by atoms with Crippen LogP contribution in [0.4, 0.5) is 4.39 Å². The van der Waals surface area contributed by atoms with Gasteiger partial charge in [0.15, 0.2) is 11.6 Å².